The second-order valence-electron chi connectivity index (χ2n) is 5.57. The summed E-state index contributed by atoms with van der Waals surface area (Å²) < 4.78 is 10.4. The fourth-order valence-electron chi connectivity index (χ4n) is 2.85. The van der Waals surface area contributed by atoms with Gasteiger partial charge in [-0.3, -0.25) is 19.7 Å². The van der Waals surface area contributed by atoms with Crippen molar-refractivity contribution in [2.45, 2.75) is 13.3 Å². The topological polar surface area (TPSA) is 99.0 Å². The van der Waals surface area contributed by atoms with Gasteiger partial charge in [-0.15, -0.1) is 0 Å². The number of methoxy groups -OCH3 is 1. The van der Waals surface area contributed by atoms with E-state index in [0.29, 0.717) is 23.7 Å². The van der Waals surface area contributed by atoms with Crippen LogP contribution < -0.4 is 14.4 Å². The number of ether oxygens (including phenoxy) is 2. The Kier molecular flexibility index (Phi) is 4.57. The maximum atomic E-state index is 12.9. The van der Waals surface area contributed by atoms with Crippen LogP contribution in [0.25, 0.3) is 0 Å². The molecule has 26 heavy (non-hydrogen) atoms. The van der Waals surface area contributed by atoms with E-state index in [1.165, 1.54) is 31.4 Å². The van der Waals surface area contributed by atoms with Crippen LogP contribution in [0.3, 0.4) is 0 Å². The Morgan fingerprint density at radius 2 is 1.88 bits per heavy atom. The zero-order chi connectivity index (χ0) is 18.8. The molecular weight excluding hydrogens is 340 g/mol. The number of nitro groups is 1. The van der Waals surface area contributed by atoms with Gasteiger partial charge in [0.1, 0.15) is 17.2 Å². The third-order valence-electron chi connectivity index (χ3n) is 4.04. The second-order valence-corrected chi connectivity index (χ2v) is 5.57. The molecule has 2 amide bonds. The molecule has 0 fully saturated rings. The molecule has 0 spiro atoms. The first-order chi connectivity index (χ1) is 12.5. The molecule has 0 unspecified atom stereocenters. The highest BCUT2D eigenvalue weighted by atomic mass is 16.6. The summed E-state index contributed by atoms with van der Waals surface area (Å²) in [5.41, 5.74) is 0.392. The zero-order valence-electron chi connectivity index (χ0n) is 14.2. The molecule has 8 heteroatoms. The number of nitro benzene ring substituents is 1. The summed E-state index contributed by atoms with van der Waals surface area (Å²) in [6.45, 7) is 2.09. The van der Waals surface area contributed by atoms with Crippen LogP contribution in [-0.4, -0.2) is 30.5 Å². The van der Waals surface area contributed by atoms with E-state index in [9.17, 15) is 19.7 Å². The molecule has 1 heterocycles. The van der Waals surface area contributed by atoms with Crippen molar-refractivity contribution in [2.75, 3.05) is 18.6 Å². The molecule has 1 aliphatic heterocycles. The Labute approximate surface area is 149 Å². The molecule has 0 aliphatic carbocycles. The maximum Gasteiger partial charge on any atom is 0.297 e. The van der Waals surface area contributed by atoms with Crippen LogP contribution in [0.15, 0.2) is 36.4 Å². The maximum absolute atomic E-state index is 12.9. The van der Waals surface area contributed by atoms with E-state index in [0.717, 1.165) is 4.90 Å². The van der Waals surface area contributed by atoms with Crippen LogP contribution in [0, 0.1) is 10.1 Å². The van der Waals surface area contributed by atoms with Crippen LogP contribution in [0.4, 0.5) is 11.4 Å². The number of carbonyl (C=O) groups excluding carboxylic acids is 2. The van der Waals surface area contributed by atoms with Gasteiger partial charge in [0.25, 0.3) is 11.6 Å². The van der Waals surface area contributed by atoms with Gasteiger partial charge in [0.2, 0.25) is 5.91 Å². The summed E-state index contributed by atoms with van der Waals surface area (Å²) in [6, 6.07) is 8.89. The van der Waals surface area contributed by atoms with Crippen LogP contribution in [0.2, 0.25) is 0 Å². The molecule has 2 aromatic rings. The molecule has 0 saturated heterocycles. The fraction of sp³-hybridized carbons (Fsp3) is 0.222. The number of nitrogens with zero attached hydrogens (tertiary/aromatic N) is 2. The van der Waals surface area contributed by atoms with Gasteiger partial charge in [-0.1, -0.05) is 6.07 Å². The van der Waals surface area contributed by atoms with E-state index in [2.05, 4.69) is 0 Å². The van der Waals surface area contributed by atoms with Gasteiger partial charge >= 0.3 is 0 Å². The van der Waals surface area contributed by atoms with Crippen LogP contribution in [0.5, 0.6) is 11.5 Å². The van der Waals surface area contributed by atoms with Crippen molar-refractivity contribution in [3.8, 4) is 11.5 Å². The lowest BCUT2D eigenvalue weighted by atomic mass is 9.97. The predicted molar refractivity (Wildman–Crippen MR) is 92.8 cm³/mol. The van der Waals surface area contributed by atoms with Crippen LogP contribution in [-0.2, 0) is 11.2 Å². The van der Waals surface area contributed by atoms with Gasteiger partial charge in [0, 0.05) is 5.56 Å². The molecule has 2 aromatic carbocycles. The van der Waals surface area contributed by atoms with Crippen molar-refractivity contribution in [1.29, 1.82) is 0 Å². The average molecular weight is 356 g/mol. The molecule has 1 aliphatic rings. The Bertz CT molecular complexity index is 909. The smallest absolute Gasteiger partial charge is 0.297 e. The number of benzene rings is 2. The fourth-order valence-corrected chi connectivity index (χ4v) is 2.85. The highest BCUT2D eigenvalue weighted by Gasteiger charge is 2.36. The van der Waals surface area contributed by atoms with E-state index in [1.807, 2.05) is 0 Å². The summed E-state index contributed by atoms with van der Waals surface area (Å²) in [7, 11) is 1.47. The van der Waals surface area contributed by atoms with Crippen molar-refractivity contribution in [2.24, 2.45) is 0 Å². The van der Waals surface area contributed by atoms with Gasteiger partial charge in [0.15, 0.2) is 0 Å². The van der Waals surface area contributed by atoms with Gasteiger partial charge in [-0.2, -0.15) is 0 Å². The Hall–Kier alpha value is -3.42. The van der Waals surface area contributed by atoms with Gasteiger partial charge in [0.05, 0.1) is 31.1 Å². The number of amides is 2. The van der Waals surface area contributed by atoms with Crippen molar-refractivity contribution < 1.29 is 24.0 Å². The average Bonchev–Trinajstić information content (AvgIpc) is 2.62. The molecule has 3 rings (SSSR count). The minimum atomic E-state index is -0.639. The third kappa shape index (κ3) is 2.97. The lowest BCUT2D eigenvalue weighted by Gasteiger charge is -2.27. The standard InChI is InChI=1S/C18H16N2O6/c1-3-26-13-6-7-15(16(10-13)20(23)24)19-17(21)8-11-4-5-12(25-2)9-14(11)18(19)22/h4-7,9-10H,3,8H2,1-2H3. The van der Waals surface area contributed by atoms with E-state index >= 15 is 0 Å². The molecule has 8 nitrogen and oxygen atoms in total. The Morgan fingerprint density at radius 1 is 1.15 bits per heavy atom. The van der Waals surface area contributed by atoms with Gasteiger partial charge in [-0.05, 0) is 36.8 Å². The number of hydrogen-bond donors (Lipinski definition) is 0. The SMILES string of the molecule is CCOc1ccc(N2C(=O)Cc3ccc(OC)cc3C2=O)c([N+](=O)[O-])c1. The quantitative estimate of drug-likeness (QED) is 0.464. The number of imide groups is 1. The number of anilines is 1. The second kappa shape index (κ2) is 6.83. The molecule has 0 saturated carbocycles. The third-order valence-corrected chi connectivity index (χ3v) is 4.04. The van der Waals surface area contributed by atoms with E-state index in [1.54, 1.807) is 19.1 Å². The predicted octanol–water partition coefficient (Wildman–Crippen LogP) is 2.73. The Morgan fingerprint density at radius 3 is 2.54 bits per heavy atom. The summed E-state index contributed by atoms with van der Waals surface area (Å²) in [5, 5.41) is 11.5. The lowest BCUT2D eigenvalue weighted by molar-refractivity contribution is -0.384. The first-order valence-corrected chi connectivity index (χ1v) is 7.91. The van der Waals surface area contributed by atoms with Crippen molar-refractivity contribution in [3.63, 3.8) is 0 Å². The molecule has 0 radical (unpaired) electrons. The minimum absolute atomic E-state index is 0.0323. The van der Waals surface area contributed by atoms with Gasteiger partial charge in [-0.25, -0.2) is 4.90 Å². The number of carbonyl (C=O) groups is 2. The van der Waals surface area contributed by atoms with E-state index in [-0.39, 0.29) is 23.4 Å². The normalized spacial score (nSPS) is 13.4. The lowest BCUT2D eigenvalue weighted by Crippen LogP contribution is -2.42. The van der Waals surface area contributed by atoms with E-state index in [4.69, 9.17) is 9.47 Å². The summed E-state index contributed by atoms with van der Waals surface area (Å²) in [4.78, 5) is 37.1. The molecule has 134 valence electrons. The Balaban J connectivity index is 2.10. The van der Waals surface area contributed by atoms with Crippen molar-refractivity contribution in [1.82, 2.24) is 0 Å². The van der Waals surface area contributed by atoms with Crippen LogP contribution >= 0.6 is 0 Å². The first kappa shape index (κ1) is 17.4. The van der Waals surface area contributed by atoms with Crippen LogP contribution in [0.1, 0.15) is 22.8 Å². The summed E-state index contributed by atoms with van der Waals surface area (Å²) in [6.07, 6.45) is -0.0323. The summed E-state index contributed by atoms with van der Waals surface area (Å²) >= 11 is 0. The monoisotopic (exact) mass is 356 g/mol. The molecular formula is C18H16N2O6. The largest absolute Gasteiger partial charge is 0.497 e. The molecule has 0 bridgehead atoms. The van der Waals surface area contributed by atoms with Gasteiger partial charge < -0.3 is 9.47 Å². The first-order valence-electron chi connectivity index (χ1n) is 7.91. The van der Waals surface area contributed by atoms with Crippen molar-refractivity contribution >= 4 is 23.2 Å². The minimum Gasteiger partial charge on any atom is -0.497 e. The zero-order valence-corrected chi connectivity index (χ0v) is 14.2. The molecule has 0 atom stereocenters. The molecule has 0 aromatic heterocycles. The highest BCUT2D eigenvalue weighted by molar-refractivity contribution is 6.25. The number of rotatable bonds is 5. The number of fused-ring (bicyclic) bond motifs is 1. The van der Waals surface area contributed by atoms with E-state index < -0.39 is 16.7 Å². The summed E-state index contributed by atoms with van der Waals surface area (Å²) in [5.74, 6) is -0.392. The molecule has 0 N–H and O–H groups in total. The number of hydrogen-bond acceptors (Lipinski definition) is 6. The van der Waals surface area contributed by atoms with Crippen molar-refractivity contribution in [3.05, 3.63) is 57.6 Å². The highest BCUT2D eigenvalue weighted by Crippen LogP contribution is 2.36.